The molecule has 0 saturated carbocycles. The van der Waals surface area contributed by atoms with Gasteiger partial charge in [0.05, 0.1) is 34.2 Å². The maximum atomic E-state index is 2.45. The lowest BCUT2D eigenvalue weighted by Crippen LogP contribution is -2.07. The third-order valence-electron chi connectivity index (χ3n) is 5.92. The van der Waals surface area contributed by atoms with E-state index < -0.39 is 0 Å². The fourth-order valence-electron chi connectivity index (χ4n) is 4.49. The van der Waals surface area contributed by atoms with E-state index in [1.807, 2.05) is 0 Å². The summed E-state index contributed by atoms with van der Waals surface area (Å²) in [6, 6.07) is 35.3. The summed E-state index contributed by atoms with van der Waals surface area (Å²) < 4.78 is 2.32. The van der Waals surface area contributed by atoms with Crippen molar-refractivity contribution >= 4 is 34.2 Å². The molecule has 142 valence electrons. The smallest absolute Gasteiger partial charge is 0.0646 e. The van der Waals surface area contributed by atoms with Gasteiger partial charge in [-0.25, -0.2) is 0 Å². The molecule has 0 aromatic heterocycles. The Labute approximate surface area is 186 Å². The van der Waals surface area contributed by atoms with Crippen LogP contribution < -0.4 is 3.11 Å². The number of hydrogen-bond donors (Lipinski definition) is 0. The third kappa shape index (κ3) is 3.25. The van der Waals surface area contributed by atoms with Gasteiger partial charge < -0.3 is 0 Å². The van der Waals surface area contributed by atoms with Gasteiger partial charge in [0.1, 0.15) is 0 Å². The standard InChI is InChI=1S/C27H22IN/c1-19-10-2-4-12-21(19)22-13-5-6-14-23(22)25-18-20-11-3-8-16-26(20)29(28)27-17-9-7-15-24(25)27/h2-17,25H,18H2,1H3. The summed E-state index contributed by atoms with van der Waals surface area (Å²) in [4.78, 5) is 0. The van der Waals surface area contributed by atoms with Crippen LogP contribution in [0.1, 0.15) is 28.2 Å². The summed E-state index contributed by atoms with van der Waals surface area (Å²) in [5, 5.41) is 0. The van der Waals surface area contributed by atoms with Crippen LogP contribution in [0.15, 0.2) is 97.1 Å². The van der Waals surface area contributed by atoms with Gasteiger partial charge in [0.15, 0.2) is 0 Å². The minimum absolute atomic E-state index is 0.308. The van der Waals surface area contributed by atoms with Crippen molar-refractivity contribution in [1.29, 1.82) is 0 Å². The highest BCUT2D eigenvalue weighted by Gasteiger charge is 2.28. The Bertz CT molecular complexity index is 1180. The average molecular weight is 487 g/mol. The van der Waals surface area contributed by atoms with Crippen LogP contribution >= 0.6 is 22.9 Å². The van der Waals surface area contributed by atoms with Crippen molar-refractivity contribution < 1.29 is 0 Å². The molecular weight excluding hydrogens is 465 g/mol. The molecule has 0 radical (unpaired) electrons. The van der Waals surface area contributed by atoms with Gasteiger partial charge in [-0.2, -0.15) is 0 Å². The molecule has 0 saturated heterocycles. The normalized spacial score (nSPS) is 15.4. The molecule has 5 rings (SSSR count). The second kappa shape index (κ2) is 7.68. The number of nitrogens with zero attached hydrogens (tertiary/aromatic N) is 1. The zero-order valence-electron chi connectivity index (χ0n) is 16.3. The van der Waals surface area contributed by atoms with Gasteiger partial charge in [0, 0.05) is 5.92 Å². The molecule has 1 atom stereocenters. The lowest BCUT2D eigenvalue weighted by Gasteiger charge is -2.23. The van der Waals surface area contributed by atoms with E-state index in [2.05, 4.69) is 130 Å². The van der Waals surface area contributed by atoms with E-state index in [1.54, 1.807) is 0 Å². The predicted octanol–water partition coefficient (Wildman–Crippen LogP) is 7.84. The van der Waals surface area contributed by atoms with Gasteiger partial charge in [-0.1, -0.05) is 84.9 Å². The summed E-state index contributed by atoms with van der Waals surface area (Å²) in [6.07, 6.45) is 0.996. The summed E-state index contributed by atoms with van der Waals surface area (Å²) in [5.74, 6) is 0.308. The molecule has 0 spiro atoms. The first-order valence-electron chi connectivity index (χ1n) is 10.0. The quantitative estimate of drug-likeness (QED) is 0.206. The SMILES string of the molecule is Cc1ccccc1-c1ccccc1C1Cc2ccccc2N(I)c2ccccc21. The van der Waals surface area contributed by atoms with Crippen molar-refractivity contribution in [3.05, 3.63) is 119 Å². The monoisotopic (exact) mass is 487 g/mol. The van der Waals surface area contributed by atoms with Crippen LogP contribution in [0.4, 0.5) is 11.4 Å². The molecule has 0 amide bonds. The number of rotatable bonds is 2. The number of benzene rings is 4. The van der Waals surface area contributed by atoms with Crippen LogP contribution in [0.2, 0.25) is 0 Å². The lowest BCUT2D eigenvalue weighted by atomic mass is 9.81. The molecule has 1 unspecified atom stereocenters. The first-order chi connectivity index (χ1) is 14.2. The van der Waals surface area contributed by atoms with E-state index in [-0.39, 0.29) is 0 Å². The average Bonchev–Trinajstić information content (AvgIpc) is 2.89. The number of aryl methyl sites for hydroxylation is 1. The summed E-state index contributed by atoms with van der Waals surface area (Å²) >= 11 is 2.45. The van der Waals surface area contributed by atoms with Crippen molar-refractivity contribution in [2.45, 2.75) is 19.3 Å². The van der Waals surface area contributed by atoms with Crippen molar-refractivity contribution in [3.63, 3.8) is 0 Å². The van der Waals surface area contributed by atoms with E-state index in [4.69, 9.17) is 0 Å². The Kier molecular flexibility index (Phi) is 4.88. The van der Waals surface area contributed by atoms with Gasteiger partial charge in [-0.15, -0.1) is 0 Å². The molecule has 29 heavy (non-hydrogen) atoms. The summed E-state index contributed by atoms with van der Waals surface area (Å²) in [6.45, 7) is 2.20. The third-order valence-corrected chi connectivity index (χ3v) is 6.96. The minimum Gasteiger partial charge on any atom is -0.282 e. The van der Waals surface area contributed by atoms with E-state index in [9.17, 15) is 0 Å². The van der Waals surface area contributed by atoms with Crippen LogP contribution in [0.25, 0.3) is 11.1 Å². The van der Waals surface area contributed by atoms with Gasteiger partial charge in [-0.3, -0.25) is 3.11 Å². The zero-order chi connectivity index (χ0) is 19.8. The Morgan fingerprint density at radius 1 is 0.655 bits per heavy atom. The maximum Gasteiger partial charge on any atom is 0.0646 e. The second-order valence-electron chi connectivity index (χ2n) is 7.63. The molecule has 1 aliphatic rings. The molecule has 4 aromatic rings. The van der Waals surface area contributed by atoms with Crippen LogP contribution in [-0.4, -0.2) is 0 Å². The first kappa shape index (κ1) is 18.4. The van der Waals surface area contributed by atoms with Gasteiger partial charge in [0.25, 0.3) is 0 Å². The largest absolute Gasteiger partial charge is 0.282 e. The minimum atomic E-state index is 0.308. The Hall–Kier alpha value is -2.59. The highest BCUT2D eigenvalue weighted by atomic mass is 127. The molecule has 0 fully saturated rings. The Morgan fingerprint density at radius 3 is 2.03 bits per heavy atom. The molecule has 4 aromatic carbocycles. The lowest BCUT2D eigenvalue weighted by molar-refractivity contribution is 0.818. The topological polar surface area (TPSA) is 3.24 Å². The first-order valence-corrected chi connectivity index (χ1v) is 11.0. The molecular formula is C27H22IN. The Balaban J connectivity index is 1.75. The second-order valence-corrected chi connectivity index (χ2v) is 8.59. The molecule has 0 aliphatic carbocycles. The number of halogens is 1. The maximum absolute atomic E-state index is 2.45. The molecule has 0 bridgehead atoms. The highest BCUT2D eigenvalue weighted by molar-refractivity contribution is 14.1. The van der Waals surface area contributed by atoms with Crippen LogP contribution in [0.3, 0.4) is 0 Å². The van der Waals surface area contributed by atoms with Gasteiger partial charge >= 0.3 is 0 Å². The number of para-hydroxylation sites is 2. The highest BCUT2D eigenvalue weighted by Crippen LogP contribution is 2.47. The van der Waals surface area contributed by atoms with E-state index >= 15 is 0 Å². The fourth-order valence-corrected chi connectivity index (χ4v) is 5.40. The van der Waals surface area contributed by atoms with Crippen molar-refractivity contribution in [2.24, 2.45) is 0 Å². The summed E-state index contributed by atoms with van der Waals surface area (Å²) in [7, 11) is 0. The van der Waals surface area contributed by atoms with Gasteiger partial charge in [-0.05, 0) is 58.9 Å². The van der Waals surface area contributed by atoms with E-state index in [1.165, 1.54) is 44.8 Å². The predicted molar refractivity (Wildman–Crippen MR) is 131 cm³/mol. The van der Waals surface area contributed by atoms with Crippen molar-refractivity contribution in [2.75, 3.05) is 3.11 Å². The molecule has 2 heteroatoms. The summed E-state index contributed by atoms with van der Waals surface area (Å²) in [5.41, 5.74) is 10.7. The van der Waals surface area contributed by atoms with Gasteiger partial charge in [0.2, 0.25) is 0 Å². The molecule has 1 aliphatic heterocycles. The number of hydrogen-bond acceptors (Lipinski definition) is 1. The fraction of sp³-hybridized carbons (Fsp3) is 0.111. The number of anilines is 2. The Morgan fingerprint density at radius 2 is 1.24 bits per heavy atom. The van der Waals surface area contributed by atoms with Crippen molar-refractivity contribution in [1.82, 2.24) is 0 Å². The van der Waals surface area contributed by atoms with E-state index in [0.717, 1.165) is 6.42 Å². The van der Waals surface area contributed by atoms with Crippen LogP contribution in [0.5, 0.6) is 0 Å². The van der Waals surface area contributed by atoms with Crippen LogP contribution in [0, 0.1) is 6.92 Å². The molecule has 0 N–H and O–H groups in total. The molecule has 1 nitrogen and oxygen atoms in total. The van der Waals surface area contributed by atoms with E-state index in [0.29, 0.717) is 5.92 Å². The number of fused-ring (bicyclic) bond motifs is 2. The zero-order valence-corrected chi connectivity index (χ0v) is 18.5. The van der Waals surface area contributed by atoms with Crippen LogP contribution in [-0.2, 0) is 6.42 Å². The molecule has 1 heterocycles. The van der Waals surface area contributed by atoms with Crippen molar-refractivity contribution in [3.8, 4) is 11.1 Å².